The molecule has 2 aromatic rings. The highest BCUT2D eigenvalue weighted by Gasteiger charge is 2.33. The minimum atomic E-state index is -3.71. The molecule has 0 spiro atoms. The minimum Gasteiger partial charge on any atom is -0.481 e. The van der Waals surface area contributed by atoms with Gasteiger partial charge in [-0.3, -0.25) is 19.2 Å². The van der Waals surface area contributed by atoms with Gasteiger partial charge in [-0.05, 0) is 69.9 Å². The van der Waals surface area contributed by atoms with E-state index in [-0.39, 0.29) is 50.0 Å². The number of nitrogens with two attached hydrogens (primary N) is 1. The molecule has 1 heterocycles. The number of hydrogen-bond acceptors (Lipinski definition) is 9. The Kier molecular flexibility index (Phi) is 14.4. The number of rotatable bonds is 22. The van der Waals surface area contributed by atoms with Gasteiger partial charge in [0.25, 0.3) is 0 Å². The molecule has 0 saturated heterocycles. The van der Waals surface area contributed by atoms with Crippen LogP contribution in [0.15, 0.2) is 41.6 Å². The maximum Gasteiger partial charge on any atom is 0.303 e. The molecule has 0 saturated carbocycles. The van der Waals surface area contributed by atoms with Gasteiger partial charge >= 0.3 is 17.9 Å². The Morgan fingerprint density at radius 1 is 0.955 bits per heavy atom. The molecule has 0 radical (unpaired) electrons. The fourth-order valence-corrected chi connectivity index (χ4v) is 5.21. The third-order valence-electron chi connectivity index (χ3n) is 7.18. The van der Waals surface area contributed by atoms with Crippen molar-refractivity contribution in [1.82, 2.24) is 25.1 Å². The maximum atomic E-state index is 13.0. The molecule has 2 rings (SSSR count). The van der Waals surface area contributed by atoms with Crippen LogP contribution in [0.2, 0.25) is 0 Å². The molecule has 0 aliphatic carbocycles. The summed E-state index contributed by atoms with van der Waals surface area (Å²) in [6.07, 6.45) is 3.36. The highest BCUT2D eigenvalue weighted by molar-refractivity contribution is 7.89. The number of primary sulfonamides is 1. The number of imidazole rings is 1. The van der Waals surface area contributed by atoms with E-state index in [1.807, 2.05) is 7.05 Å². The standard InChI is InChI=1S/C28H42N6O9S/c1-33(17-10-21-3-5-22(6-4-21)44(29,42)43)16-2-14-30-19-23-31-15-18-34(23)20-24(35)32-28(11-7-25(36)37,12-8-26(38)39)13-9-27(40)41/h3-6,15,18,30H,2,7-14,16-17,19-20H2,1H3,(H,32,35)(H,36,37)(H,38,39)(H,40,41)(H2,29,42,43). The SMILES string of the molecule is CN(CCCNCc1nccn1CC(=O)NC(CCC(=O)O)(CCC(=O)O)CCC(=O)O)CCc1ccc(S(N)(=O)=O)cc1. The van der Waals surface area contributed by atoms with E-state index in [9.17, 15) is 42.9 Å². The third-order valence-corrected chi connectivity index (χ3v) is 8.11. The molecule has 0 atom stereocenters. The van der Waals surface area contributed by atoms with Crippen LogP contribution in [0.3, 0.4) is 0 Å². The van der Waals surface area contributed by atoms with Gasteiger partial charge in [-0.15, -0.1) is 0 Å². The molecule has 0 aliphatic rings. The van der Waals surface area contributed by atoms with Crippen molar-refractivity contribution in [2.75, 3.05) is 26.7 Å². The second-order valence-electron chi connectivity index (χ2n) is 10.8. The average molecular weight is 639 g/mol. The Hall–Kier alpha value is -3.86. The number of likely N-dealkylation sites (N-methyl/N-ethyl adjacent to an activating group) is 1. The Morgan fingerprint density at radius 2 is 1.52 bits per heavy atom. The third kappa shape index (κ3) is 13.6. The summed E-state index contributed by atoms with van der Waals surface area (Å²) in [6, 6.07) is 6.49. The number of nitrogens with one attached hydrogen (secondary N) is 2. The first-order valence-corrected chi connectivity index (χ1v) is 15.7. The lowest BCUT2D eigenvalue weighted by molar-refractivity contribution is -0.139. The smallest absolute Gasteiger partial charge is 0.303 e. The number of sulfonamides is 1. The Morgan fingerprint density at radius 3 is 2.05 bits per heavy atom. The molecule has 44 heavy (non-hydrogen) atoms. The zero-order valence-electron chi connectivity index (χ0n) is 24.8. The Bertz CT molecular complexity index is 1320. The van der Waals surface area contributed by atoms with Crippen molar-refractivity contribution in [3.63, 3.8) is 0 Å². The molecule has 16 heteroatoms. The van der Waals surface area contributed by atoms with Gasteiger partial charge in [-0.1, -0.05) is 12.1 Å². The topological polar surface area (TPSA) is 234 Å². The lowest BCUT2D eigenvalue weighted by Gasteiger charge is -2.34. The van der Waals surface area contributed by atoms with E-state index in [2.05, 4.69) is 20.5 Å². The molecule has 7 N–H and O–H groups in total. The van der Waals surface area contributed by atoms with Crippen LogP contribution in [0, 0.1) is 0 Å². The van der Waals surface area contributed by atoms with E-state index < -0.39 is 39.4 Å². The van der Waals surface area contributed by atoms with Crippen molar-refractivity contribution >= 4 is 33.8 Å². The van der Waals surface area contributed by atoms with Gasteiger partial charge in [0.15, 0.2) is 0 Å². The van der Waals surface area contributed by atoms with Crippen molar-refractivity contribution < 1.29 is 42.9 Å². The molecular weight excluding hydrogens is 596 g/mol. The van der Waals surface area contributed by atoms with Gasteiger partial charge in [-0.2, -0.15) is 0 Å². The fourth-order valence-electron chi connectivity index (χ4n) is 4.69. The summed E-state index contributed by atoms with van der Waals surface area (Å²) in [5, 5.41) is 38.7. The number of hydrogen-bond donors (Lipinski definition) is 6. The van der Waals surface area contributed by atoms with E-state index in [0.717, 1.165) is 31.5 Å². The predicted octanol–water partition coefficient (Wildman–Crippen LogP) is 0.634. The van der Waals surface area contributed by atoms with E-state index in [1.165, 1.54) is 12.1 Å². The largest absolute Gasteiger partial charge is 0.481 e. The van der Waals surface area contributed by atoms with Crippen LogP contribution in [-0.2, 0) is 48.7 Å². The number of nitrogens with zero attached hydrogens (tertiary/aromatic N) is 3. The molecule has 0 aliphatic heterocycles. The molecular formula is C28H42N6O9S. The van der Waals surface area contributed by atoms with E-state index in [4.69, 9.17) is 5.14 Å². The summed E-state index contributed by atoms with van der Waals surface area (Å²) < 4.78 is 24.4. The first-order valence-electron chi connectivity index (χ1n) is 14.2. The van der Waals surface area contributed by atoms with E-state index in [1.54, 1.807) is 29.1 Å². The second-order valence-corrected chi connectivity index (χ2v) is 12.3. The van der Waals surface area contributed by atoms with Gasteiger partial charge in [0.1, 0.15) is 12.4 Å². The number of carbonyl (C=O) groups is 4. The molecule has 15 nitrogen and oxygen atoms in total. The number of aliphatic carboxylic acids is 3. The normalized spacial score (nSPS) is 11.9. The summed E-state index contributed by atoms with van der Waals surface area (Å²) in [6.45, 7) is 2.48. The van der Waals surface area contributed by atoms with Gasteiger partial charge in [-0.25, -0.2) is 18.5 Å². The summed E-state index contributed by atoms with van der Waals surface area (Å²) in [5.41, 5.74) is -0.299. The number of carboxylic acids is 3. The molecule has 1 aromatic carbocycles. The van der Waals surface area contributed by atoms with Crippen LogP contribution in [0.1, 0.15) is 56.3 Å². The highest BCUT2D eigenvalue weighted by atomic mass is 32.2. The summed E-state index contributed by atoms with van der Waals surface area (Å²) in [4.78, 5) is 53.3. The van der Waals surface area contributed by atoms with Crippen molar-refractivity contribution in [2.24, 2.45) is 5.14 Å². The molecule has 0 bridgehead atoms. The van der Waals surface area contributed by atoms with Gasteiger partial charge in [0, 0.05) is 43.7 Å². The van der Waals surface area contributed by atoms with E-state index >= 15 is 0 Å². The second kappa shape index (κ2) is 17.4. The van der Waals surface area contributed by atoms with Crippen LogP contribution in [0.25, 0.3) is 0 Å². The van der Waals surface area contributed by atoms with Crippen molar-refractivity contribution in [3.05, 3.63) is 48.0 Å². The molecule has 244 valence electrons. The summed E-state index contributed by atoms with van der Waals surface area (Å²) >= 11 is 0. The van der Waals surface area contributed by atoms with Crippen LogP contribution in [-0.4, -0.2) is 94.2 Å². The highest BCUT2D eigenvalue weighted by Crippen LogP contribution is 2.26. The Labute approximate surface area is 256 Å². The minimum absolute atomic E-state index is 0.0808. The molecule has 1 amide bonds. The van der Waals surface area contributed by atoms with E-state index in [0.29, 0.717) is 18.9 Å². The number of benzene rings is 1. The molecule has 0 fully saturated rings. The quantitative estimate of drug-likeness (QED) is 0.0975. The monoisotopic (exact) mass is 638 g/mol. The zero-order chi connectivity index (χ0) is 32.8. The van der Waals surface area contributed by atoms with Crippen molar-refractivity contribution in [1.29, 1.82) is 0 Å². The number of carbonyl (C=O) groups excluding carboxylic acids is 1. The molecule has 0 unspecified atom stereocenters. The summed E-state index contributed by atoms with van der Waals surface area (Å²) in [5.74, 6) is -3.34. The van der Waals surface area contributed by atoms with Gasteiger partial charge < -0.3 is 35.4 Å². The average Bonchev–Trinajstić information content (AvgIpc) is 3.38. The van der Waals surface area contributed by atoms with Crippen LogP contribution < -0.4 is 15.8 Å². The fraction of sp³-hybridized carbons (Fsp3) is 0.536. The van der Waals surface area contributed by atoms with Crippen molar-refractivity contribution in [2.45, 2.75) is 74.9 Å². The maximum absolute atomic E-state index is 13.0. The Balaban J connectivity index is 1.85. The lowest BCUT2D eigenvalue weighted by Crippen LogP contribution is -2.50. The van der Waals surface area contributed by atoms with Crippen LogP contribution in [0.4, 0.5) is 0 Å². The summed E-state index contributed by atoms with van der Waals surface area (Å²) in [7, 11) is -1.72. The first-order chi connectivity index (χ1) is 20.7. The predicted molar refractivity (Wildman–Crippen MR) is 159 cm³/mol. The van der Waals surface area contributed by atoms with Crippen molar-refractivity contribution in [3.8, 4) is 0 Å². The first kappa shape index (κ1) is 36.3. The number of amides is 1. The van der Waals surface area contributed by atoms with Crippen LogP contribution >= 0.6 is 0 Å². The zero-order valence-corrected chi connectivity index (χ0v) is 25.6. The van der Waals surface area contributed by atoms with Gasteiger partial charge in [0.2, 0.25) is 15.9 Å². The number of carboxylic acid groups (broad SMARTS) is 3. The van der Waals surface area contributed by atoms with Gasteiger partial charge in [0.05, 0.1) is 11.4 Å². The van der Waals surface area contributed by atoms with Crippen LogP contribution in [0.5, 0.6) is 0 Å². The lowest BCUT2D eigenvalue weighted by atomic mass is 9.83. The molecule has 1 aromatic heterocycles. The number of aromatic nitrogens is 2.